The van der Waals surface area contributed by atoms with Crippen molar-refractivity contribution >= 4 is 17.6 Å². The summed E-state index contributed by atoms with van der Waals surface area (Å²) in [6, 6.07) is 8.73. The molecule has 196 valence electrons. The maximum atomic E-state index is 12.5. The van der Waals surface area contributed by atoms with E-state index in [1.807, 2.05) is 22.7 Å². The Balaban J connectivity index is 1.23. The van der Waals surface area contributed by atoms with Crippen molar-refractivity contribution in [2.24, 2.45) is 11.1 Å². The number of benzene rings is 1. The van der Waals surface area contributed by atoms with E-state index in [0.29, 0.717) is 37.1 Å². The normalized spacial score (nSPS) is 22.3. The second kappa shape index (κ2) is 9.05. The van der Waals surface area contributed by atoms with Crippen LogP contribution in [-0.4, -0.2) is 49.4 Å². The molecule has 3 aromatic rings. The zero-order valence-corrected chi connectivity index (χ0v) is 21.9. The highest BCUT2D eigenvalue weighted by Gasteiger charge is 2.51. The van der Waals surface area contributed by atoms with Crippen LogP contribution in [0.5, 0.6) is 0 Å². The first-order valence-corrected chi connectivity index (χ1v) is 13.3. The quantitative estimate of drug-likeness (QED) is 0.492. The molecule has 0 atom stereocenters. The third-order valence-corrected chi connectivity index (χ3v) is 8.38. The summed E-state index contributed by atoms with van der Waals surface area (Å²) in [5.74, 6) is 5.60. The molecule has 4 N–H and O–H groups in total. The van der Waals surface area contributed by atoms with E-state index >= 15 is 0 Å². The number of carbonyl (C=O) groups is 2. The number of rotatable bonds is 6. The predicted octanol–water partition coefficient (Wildman–Crippen LogP) is 3.24. The third-order valence-electron chi connectivity index (χ3n) is 8.38. The number of primary amides is 1. The van der Waals surface area contributed by atoms with Crippen LogP contribution in [0.25, 0.3) is 11.3 Å². The van der Waals surface area contributed by atoms with Crippen LogP contribution >= 0.6 is 0 Å². The Morgan fingerprint density at radius 1 is 1.21 bits per heavy atom. The molecule has 2 saturated carbocycles. The lowest BCUT2D eigenvalue weighted by Gasteiger charge is -2.45. The molecule has 9 heteroatoms. The molecule has 1 saturated heterocycles. The molecule has 2 aromatic heterocycles. The fourth-order valence-electron chi connectivity index (χ4n) is 6.28. The van der Waals surface area contributed by atoms with Gasteiger partial charge in [0.25, 0.3) is 11.8 Å². The van der Waals surface area contributed by atoms with Crippen LogP contribution in [0.4, 0.5) is 5.82 Å². The number of anilines is 1. The van der Waals surface area contributed by atoms with Crippen LogP contribution in [-0.2, 0) is 11.3 Å². The lowest BCUT2D eigenvalue weighted by molar-refractivity contribution is -0.125. The van der Waals surface area contributed by atoms with Crippen LogP contribution in [0.15, 0.2) is 30.5 Å². The van der Waals surface area contributed by atoms with E-state index < -0.39 is 5.91 Å². The van der Waals surface area contributed by atoms with Crippen molar-refractivity contribution < 1.29 is 9.59 Å². The Morgan fingerprint density at radius 3 is 2.71 bits per heavy atom. The van der Waals surface area contributed by atoms with E-state index in [4.69, 9.17) is 21.7 Å². The molecule has 2 aliphatic carbocycles. The standard InChI is InChI=1S/C29H33N7O2/c1-3-5-24(37)34-11-10-29(17-34)13-22(14-29)36-27(30)25(28(31)38)26(33-36)23-16-35(32-18(23)2)15-19-6-4-7-21(12-19)20-8-9-20/h4,6-7,12,16,20,22H,8-11,13-15,17,30H2,1-2H3,(H2,31,38). The number of hydrogen-bond acceptors (Lipinski definition) is 5. The molecule has 0 unspecified atom stereocenters. The molecular formula is C29H33N7O2. The number of likely N-dealkylation sites (tertiary alicyclic amines) is 1. The largest absolute Gasteiger partial charge is 0.383 e. The van der Waals surface area contributed by atoms with Crippen LogP contribution in [0.3, 0.4) is 0 Å². The summed E-state index contributed by atoms with van der Waals surface area (Å²) < 4.78 is 3.64. The number of nitrogens with zero attached hydrogens (tertiary/aromatic N) is 5. The highest BCUT2D eigenvalue weighted by Crippen LogP contribution is 2.54. The van der Waals surface area contributed by atoms with Gasteiger partial charge in [-0.15, -0.1) is 0 Å². The monoisotopic (exact) mass is 511 g/mol. The number of nitrogen functional groups attached to an aromatic ring is 1. The molecule has 9 nitrogen and oxygen atoms in total. The average Bonchev–Trinajstić information content (AvgIpc) is 3.37. The van der Waals surface area contributed by atoms with E-state index in [-0.39, 0.29) is 22.9 Å². The number of hydrogen-bond donors (Lipinski definition) is 2. The predicted molar refractivity (Wildman–Crippen MR) is 144 cm³/mol. The highest BCUT2D eigenvalue weighted by atomic mass is 16.2. The summed E-state index contributed by atoms with van der Waals surface area (Å²) in [7, 11) is 0. The van der Waals surface area contributed by atoms with Crippen molar-refractivity contribution in [3.05, 3.63) is 52.8 Å². The fraction of sp³-hybridized carbons (Fsp3) is 0.448. The van der Waals surface area contributed by atoms with Crippen LogP contribution in [0, 0.1) is 24.2 Å². The zero-order chi connectivity index (χ0) is 26.6. The third kappa shape index (κ3) is 4.24. The van der Waals surface area contributed by atoms with Crippen LogP contribution in [0.1, 0.15) is 78.2 Å². The Labute approximate surface area is 222 Å². The molecule has 3 fully saturated rings. The van der Waals surface area contributed by atoms with Crippen molar-refractivity contribution in [3.63, 3.8) is 0 Å². The first kappa shape index (κ1) is 24.3. The van der Waals surface area contributed by atoms with E-state index in [9.17, 15) is 9.59 Å². The highest BCUT2D eigenvalue weighted by molar-refractivity contribution is 6.03. The number of nitrogens with two attached hydrogens (primary N) is 2. The van der Waals surface area contributed by atoms with Gasteiger partial charge in [0, 0.05) is 24.8 Å². The summed E-state index contributed by atoms with van der Waals surface area (Å²) in [5.41, 5.74) is 17.2. The van der Waals surface area contributed by atoms with Crippen molar-refractivity contribution in [3.8, 4) is 23.1 Å². The van der Waals surface area contributed by atoms with Crippen molar-refractivity contribution in [1.29, 1.82) is 0 Å². The molecule has 3 heterocycles. The maximum absolute atomic E-state index is 12.5. The van der Waals surface area contributed by atoms with Gasteiger partial charge in [-0.25, -0.2) is 4.68 Å². The zero-order valence-electron chi connectivity index (χ0n) is 21.9. The molecule has 1 spiro atoms. The van der Waals surface area contributed by atoms with Gasteiger partial charge >= 0.3 is 0 Å². The van der Waals surface area contributed by atoms with Gasteiger partial charge in [0.15, 0.2) is 0 Å². The molecule has 0 radical (unpaired) electrons. The number of aryl methyl sites for hydroxylation is 1. The van der Waals surface area contributed by atoms with Gasteiger partial charge in [-0.3, -0.25) is 14.3 Å². The van der Waals surface area contributed by atoms with Crippen molar-refractivity contribution in [2.75, 3.05) is 18.8 Å². The molecule has 1 aliphatic heterocycles. The molecule has 1 aromatic carbocycles. The summed E-state index contributed by atoms with van der Waals surface area (Å²) in [4.78, 5) is 26.6. The van der Waals surface area contributed by atoms with Crippen molar-refractivity contribution in [1.82, 2.24) is 24.5 Å². The molecule has 2 amide bonds. The SMILES string of the molecule is CC#CC(=O)N1CCC2(CC(n3nc(-c4cn(Cc5cccc(C6CC6)c5)nc4C)c(C(N)=O)c3N)C2)C1. The topological polar surface area (TPSA) is 125 Å². The molecule has 0 bridgehead atoms. The Hall–Kier alpha value is -4.06. The Kier molecular flexibility index (Phi) is 5.78. The van der Waals surface area contributed by atoms with Gasteiger partial charge in [0.05, 0.1) is 18.3 Å². The van der Waals surface area contributed by atoms with E-state index in [1.54, 1.807) is 11.6 Å². The van der Waals surface area contributed by atoms with Gasteiger partial charge in [0.1, 0.15) is 17.1 Å². The Morgan fingerprint density at radius 2 is 2.00 bits per heavy atom. The lowest BCUT2D eigenvalue weighted by atomic mass is 9.65. The molecule has 3 aliphatic rings. The fourth-order valence-corrected chi connectivity index (χ4v) is 6.28. The summed E-state index contributed by atoms with van der Waals surface area (Å²) in [6.45, 7) is 5.63. The maximum Gasteiger partial charge on any atom is 0.298 e. The number of carbonyl (C=O) groups excluding carboxylic acids is 2. The summed E-state index contributed by atoms with van der Waals surface area (Å²) in [6.07, 6.45) is 7.08. The lowest BCUT2D eigenvalue weighted by Crippen LogP contribution is -2.42. The molecule has 38 heavy (non-hydrogen) atoms. The van der Waals surface area contributed by atoms with Gasteiger partial charge in [-0.1, -0.05) is 30.2 Å². The second-order valence-electron chi connectivity index (χ2n) is 11.2. The van der Waals surface area contributed by atoms with Gasteiger partial charge in [-0.2, -0.15) is 10.2 Å². The van der Waals surface area contributed by atoms with Gasteiger partial charge in [0.2, 0.25) is 0 Å². The summed E-state index contributed by atoms with van der Waals surface area (Å²) in [5, 5.41) is 9.54. The van der Waals surface area contributed by atoms with E-state index in [2.05, 4.69) is 36.1 Å². The number of aromatic nitrogens is 4. The smallest absolute Gasteiger partial charge is 0.298 e. The summed E-state index contributed by atoms with van der Waals surface area (Å²) >= 11 is 0. The molecule has 6 rings (SSSR count). The first-order chi connectivity index (χ1) is 18.3. The minimum absolute atomic E-state index is 0.0506. The second-order valence-corrected chi connectivity index (χ2v) is 11.2. The average molecular weight is 512 g/mol. The first-order valence-electron chi connectivity index (χ1n) is 13.3. The van der Waals surface area contributed by atoms with Gasteiger partial charge in [-0.05, 0) is 74.3 Å². The Bertz CT molecular complexity index is 1490. The minimum atomic E-state index is -0.599. The van der Waals surface area contributed by atoms with Gasteiger partial charge < -0.3 is 16.4 Å². The van der Waals surface area contributed by atoms with Crippen LogP contribution in [0.2, 0.25) is 0 Å². The van der Waals surface area contributed by atoms with E-state index in [1.165, 1.54) is 24.0 Å². The van der Waals surface area contributed by atoms with Crippen LogP contribution < -0.4 is 11.5 Å². The minimum Gasteiger partial charge on any atom is -0.383 e. The van der Waals surface area contributed by atoms with Crippen molar-refractivity contribution in [2.45, 2.75) is 64.5 Å². The van der Waals surface area contributed by atoms with E-state index in [0.717, 1.165) is 30.5 Å². The molecular weight excluding hydrogens is 478 g/mol. The number of amides is 2.